The van der Waals surface area contributed by atoms with Crippen LogP contribution in [0.25, 0.3) is 20.9 Å². The maximum atomic E-state index is 10.1. The highest BCUT2D eigenvalue weighted by Gasteiger charge is 2.18. The molecule has 0 bridgehead atoms. The molecular formula is C40H56N2S2. The largest absolute Gasteiger partial charge is 0.192 e. The molecule has 0 spiro atoms. The fourth-order valence-electron chi connectivity index (χ4n) is 6.17. The van der Waals surface area contributed by atoms with Crippen LogP contribution in [0.15, 0.2) is 35.0 Å². The predicted molar refractivity (Wildman–Crippen MR) is 194 cm³/mol. The summed E-state index contributed by atoms with van der Waals surface area (Å²) < 4.78 is 0. The maximum absolute atomic E-state index is 10.1. The van der Waals surface area contributed by atoms with Gasteiger partial charge in [0.2, 0.25) is 0 Å². The van der Waals surface area contributed by atoms with Crippen molar-refractivity contribution >= 4 is 22.7 Å². The lowest BCUT2D eigenvalue weighted by Crippen LogP contribution is -1.92. The molecule has 0 amide bonds. The third-order valence-corrected chi connectivity index (χ3v) is 10.9. The van der Waals surface area contributed by atoms with Crippen molar-refractivity contribution in [1.82, 2.24) is 0 Å². The van der Waals surface area contributed by atoms with Crippen LogP contribution in [-0.2, 0) is 12.8 Å². The number of hydrogen-bond donors (Lipinski definition) is 0. The summed E-state index contributed by atoms with van der Waals surface area (Å²) in [5.74, 6) is 0. The highest BCUT2D eigenvalue weighted by molar-refractivity contribution is 7.14. The van der Waals surface area contributed by atoms with Gasteiger partial charge in [-0.2, -0.15) is 10.5 Å². The van der Waals surface area contributed by atoms with E-state index in [4.69, 9.17) is 0 Å². The molecule has 44 heavy (non-hydrogen) atoms. The molecule has 0 fully saturated rings. The second-order valence-corrected chi connectivity index (χ2v) is 14.5. The van der Waals surface area contributed by atoms with Crippen LogP contribution < -0.4 is 0 Å². The van der Waals surface area contributed by atoms with Crippen LogP contribution in [0.1, 0.15) is 165 Å². The zero-order chi connectivity index (χ0) is 31.2. The van der Waals surface area contributed by atoms with Gasteiger partial charge in [0, 0.05) is 20.9 Å². The van der Waals surface area contributed by atoms with Crippen LogP contribution in [0, 0.1) is 22.7 Å². The first-order chi connectivity index (χ1) is 21.7. The van der Waals surface area contributed by atoms with Crippen molar-refractivity contribution in [2.24, 2.45) is 0 Å². The Morgan fingerprint density at radius 1 is 0.477 bits per heavy atom. The van der Waals surface area contributed by atoms with Crippen LogP contribution in [0.4, 0.5) is 0 Å². The summed E-state index contributed by atoms with van der Waals surface area (Å²) in [4.78, 5) is 2.19. The number of nitriles is 2. The molecule has 0 saturated heterocycles. The number of benzene rings is 1. The Balaban J connectivity index is 1.47. The molecule has 0 aliphatic carbocycles. The molecule has 3 rings (SSSR count). The molecule has 0 N–H and O–H groups in total. The lowest BCUT2D eigenvalue weighted by Gasteiger charge is -2.08. The van der Waals surface area contributed by atoms with Gasteiger partial charge >= 0.3 is 0 Å². The topological polar surface area (TPSA) is 47.6 Å². The van der Waals surface area contributed by atoms with E-state index in [0.29, 0.717) is 11.1 Å². The quantitative estimate of drug-likeness (QED) is 0.0927. The molecule has 2 heterocycles. The second-order valence-electron chi connectivity index (χ2n) is 12.6. The highest BCUT2D eigenvalue weighted by Crippen LogP contribution is 2.38. The number of unbranched alkanes of at least 4 members (excludes halogenated alkanes) is 18. The molecule has 0 aliphatic rings. The van der Waals surface area contributed by atoms with Crippen molar-refractivity contribution < 1.29 is 0 Å². The van der Waals surface area contributed by atoms with Gasteiger partial charge in [0.25, 0.3) is 0 Å². The van der Waals surface area contributed by atoms with Crippen LogP contribution in [0.3, 0.4) is 0 Å². The summed E-state index contributed by atoms with van der Waals surface area (Å²) in [5, 5.41) is 24.8. The average molecular weight is 629 g/mol. The summed E-state index contributed by atoms with van der Waals surface area (Å²) >= 11 is 3.40. The van der Waals surface area contributed by atoms with E-state index in [2.05, 4.69) is 61.0 Å². The van der Waals surface area contributed by atoms with E-state index in [1.54, 1.807) is 22.7 Å². The Bertz CT molecular complexity index is 1190. The van der Waals surface area contributed by atoms with Crippen molar-refractivity contribution in [2.45, 2.75) is 155 Å². The van der Waals surface area contributed by atoms with Gasteiger partial charge in [0.05, 0.1) is 11.1 Å². The first kappa shape index (κ1) is 36.1. The number of rotatable bonds is 24. The molecule has 2 nitrogen and oxygen atoms in total. The van der Waals surface area contributed by atoms with E-state index < -0.39 is 0 Å². The summed E-state index contributed by atoms with van der Waals surface area (Å²) in [6, 6.07) is 13.4. The van der Waals surface area contributed by atoms with Gasteiger partial charge in [-0.25, -0.2) is 0 Å². The van der Waals surface area contributed by atoms with E-state index in [-0.39, 0.29) is 0 Å². The molecule has 0 aliphatic heterocycles. The van der Waals surface area contributed by atoms with Crippen LogP contribution in [0.2, 0.25) is 0 Å². The third-order valence-electron chi connectivity index (χ3n) is 8.91. The normalized spacial score (nSPS) is 11.1. The molecule has 3 aromatic rings. The van der Waals surface area contributed by atoms with E-state index in [9.17, 15) is 10.5 Å². The number of thiophene rings is 2. The number of nitrogens with zero attached hydrogens (tertiary/aromatic N) is 2. The first-order valence-electron chi connectivity index (χ1n) is 17.8. The van der Waals surface area contributed by atoms with Gasteiger partial charge in [-0.3, -0.25) is 0 Å². The average Bonchev–Trinajstić information content (AvgIpc) is 3.72. The zero-order valence-electron chi connectivity index (χ0n) is 27.7. The van der Waals surface area contributed by atoms with Gasteiger partial charge in [0.1, 0.15) is 12.1 Å². The number of aryl methyl sites for hydroxylation is 2. The monoisotopic (exact) mass is 628 g/mol. The molecule has 0 radical (unpaired) electrons. The van der Waals surface area contributed by atoms with Gasteiger partial charge < -0.3 is 0 Å². The van der Waals surface area contributed by atoms with E-state index in [1.165, 1.54) is 140 Å². The molecule has 238 valence electrons. The minimum absolute atomic E-state index is 0.516. The molecule has 4 heteroatoms. The first-order valence-corrected chi connectivity index (χ1v) is 19.6. The Kier molecular flexibility index (Phi) is 18.2. The van der Waals surface area contributed by atoms with Crippen molar-refractivity contribution in [1.29, 1.82) is 10.5 Å². The van der Waals surface area contributed by atoms with Crippen molar-refractivity contribution in [3.05, 3.63) is 57.3 Å². The third kappa shape index (κ3) is 12.5. The smallest absolute Gasteiger partial charge is 0.101 e. The van der Waals surface area contributed by atoms with Crippen LogP contribution >= 0.6 is 22.7 Å². The van der Waals surface area contributed by atoms with Crippen LogP contribution in [-0.4, -0.2) is 0 Å². The fourth-order valence-corrected chi connectivity index (χ4v) is 8.14. The summed E-state index contributed by atoms with van der Waals surface area (Å²) in [5.41, 5.74) is 5.53. The summed E-state index contributed by atoms with van der Waals surface area (Å²) in [7, 11) is 0. The summed E-state index contributed by atoms with van der Waals surface area (Å²) in [6.07, 6.45) is 29.2. The molecule has 0 unspecified atom stereocenters. The molecule has 0 atom stereocenters. The minimum Gasteiger partial charge on any atom is -0.192 e. The lowest BCUT2D eigenvalue weighted by molar-refractivity contribution is 0.556. The standard InChI is InChI=1S/C40H56N2S2/c1-3-5-7-9-11-13-15-17-19-21-23-33-27-39(43-31-33)35-25-26-36(38(30-42)37(35)29-41)40-28-34(32-44-40)24-22-20-18-16-14-12-10-8-6-4-2/h25-28,31-32H,3-24H2,1-2H3. The van der Waals surface area contributed by atoms with E-state index in [1.807, 2.05) is 0 Å². The fraction of sp³-hybridized carbons (Fsp3) is 0.600. The Morgan fingerprint density at radius 3 is 1.11 bits per heavy atom. The predicted octanol–water partition coefficient (Wildman–Crippen LogP) is 13.8. The van der Waals surface area contributed by atoms with Gasteiger partial charge in [-0.05, 0) is 59.7 Å². The maximum Gasteiger partial charge on any atom is 0.101 e. The van der Waals surface area contributed by atoms with E-state index >= 15 is 0 Å². The van der Waals surface area contributed by atoms with Gasteiger partial charge in [0.15, 0.2) is 0 Å². The lowest BCUT2D eigenvalue weighted by atomic mass is 9.95. The van der Waals surface area contributed by atoms with Gasteiger partial charge in [-0.1, -0.05) is 142 Å². The molecule has 0 saturated carbocycles. The molecule has 1 aromatic carbocycles. The zero-order valence-corrected chi connectivity index (χ0v) is 29.4. The van der Waals surface area contributed by atoms with Crippen molar-refractivity contribution in [2.75, 3.05) is 0 Å². The van der Waals surface area contributed by atoms with E-state index in [0.717, 1.165) is 33.7 Å². The highest BCUT2D eigenvalue weighted by atomic mass is 32.1. The van der Waals surface area contributed by atoms with Crippen molar-refractivity contribution in [3.63, 3.8) is 0 Å². The van der Waals surface area contributed by atoms with Crippen molar-refractivity contribution in [3.8, 4) is 33.0 Å². The molecular weight excluding hydrogens is 573 g/mol. The molecule has 2 aromatic heterocycles. The Labute approximate surface area is 277 Å². The SMILES string of the molecule is CCCCCCCCCCCCc1csc(-c2ccc(-c3cc(CCCCCCCCCCCC)cs3)c(C#N)c2C#N)c1. The number of hydrogen-bond acceptors (Lipinski definition) is 4. The Morgan fingerprint density at radius 2 is 0.795 bits per heavy atom. The van der Waals surface area contributed by atoms with Gasteiger partial charge in [-0.15, -0.1) is 22.7 Å². The minimum atomic E-state index is 0.516. The van der Waals surface area contributed by atoms with Crippen LogP contribution in [0.5, 0.6) is 0 Å². The second kappa shape index (κ2) is 22.2. The summed E-state index contributed by atoms with van der Waals surface area (Å²) in [6.45, 7) is 4.55. The Hall–Kier alpha value is -2.40.